The predicted octanol–water partition coefficient (Wildman–Crippen LogP) is 3.73. The standard InChI is InChI=1S/C22H24N2O4/c1-14(2)22(26)24(17-6-5-7-18(12-17)27-3)13-16-10-15-11-19(28-4)8-9-20(15)23-21(16)25/h5-12,14H,13H2,1-4H3,(H,23,25). The number of amides is 1. The molecule has 3 rings (SSSR count). The number of benzene rings is 2. The maximum absolute atomic E-state index is 12.9. The quantitative estimate of drug-likeness (QED) is 0.707. The van der Waals surface area contributed by atoms with Crippen molar-refractivity contribution in [3.05, 3.63) is 64.4 Å². The number of nitrogens with one attached hydrogen (secondary N) is 1. The van der Waals surface area contributed by atoms with Gasteiger partial charge in [0.2, 0.25) is 5.91 Å². The lowest BCUT2D eigenvalue weighted by molar-refractivity contribution is -0.121. The summed E-state index contributed by atoms with van der Waals surface area (Å²) in [5.74, 6) is 1.06. The predicted molar refractivity (Wildman–Crippen MR) is 110 cm³/mol. The van der Waals surface area contributed by atoms with Crippen LogP contribution >= 0.6 is 0 Å². The highest BCUT2D eigenvalue weighted by Gasteiger charge is 2.21. The summed E-state index contributed by atoms with van der Waals surface area (Å²) < 4.78 is 10.6. The molecule has 1 amide bonds. The number of carbonyl (C=O) groups is 1. The van der Waals surface area contributed by atoms with Crippen LogP contribution in [0.4, 0.5) is 5.69 Å². The molecule has 0 aliphatic rings. The van der Waals surface area contributed by atoms with Gasteiger partial charge >= 0.3 is 0 Å². The van der Waals surface area contributed by atoms with E-state index in [0.29, 0.717) is 22.7 Å². The molecule has 0 radical (unpaired) electrons. The van der Waals surface area contributed by atoms with Crippen molar-refractivity contribution in [3.8, 4) is 11.5 Å². The average molecular weight is 380 g/mol. The van der Waals surface area contributed by atoms with E-state index < -0.39 is 0 Å². The van der Waals surface area contributed by atoms with Crippen molar-refractivity contribution in [2.45, 2.75) is 20.4 Å². The van der Waals surface area contributed by atoms with E-state index >= 15 is 0 Å². The van der Waals surface area contributed by atoms with Crippen molar-refractivity contribution in [2.75, 3.05) is 19.1 Å². The Morgan fingerprint density at radius 3 is 2.43 bits per heavy atom. The third kappa shape index (κ3) is 4.01. The second-order valence-corrected chi connectivity index (χ2v) is 6.86. The highest BCUT2D eigenvalue weighted by atomic mass is 16.5. The van der Waals surface area contributed by atoms with E-state index in [9.17, 15) is 9.59 Å². The molecule has 3 aromatic rings. The molecule has 6 heteroatoms. The number of H-pyrrole nitrogens is 1. The Morgan fingerprint density at radius 1 is 1.04 bits per heavy atom. The van der Waals surface area contributed by atoms with Crippen LogP contribution in [-0.2, 0) is 11.3 Å². The number of methoxy groups -OCH3 is 2. The van der Waals surface area contributed by atoms with Crippen LogP contribution in [0.5, 0.6) is 11.5 Å². The highest BCUT2D eigenvalue weighted by Crippen LogP contribution is 2.25. The van der Waals surface area contributed by atoms with Gasteiger partial charge in [0, 0.05) is 34.1 Å². The molecule has 0 aliphatic heterocycles. The Kier molecular flexibility index (Phi) is 5.68. The van der Waals surface area contributed by atoms with E-state index in [4.69, 9.17) is 9.47 Å². The van der Waals surface area contributed by atoms with E-state index in [1.807, 2.05) is 38.1 Å². The zero-order chi connectivity index (χ0) is 20.3. The van der Waals surface area contributed by atoms with Crippen LogP contribution in [0.3, 0.4) is 0 Å². The minimum atomic E-state index is -0.220. The Morgan fingerprint density at radius 2 is 1.75 bits per heavy atom. The van der Waals surface area contributed by atoms with Crippen molar-refractivity contribution in [2.24, 2.45) is 5.92 Å². The number of ether oxygens (including phenoxy) is 2. The number of carbonyl (C=O) groups excluding carboxylic acids is 1. The molecule has 0 bridgehead atoms. The van der Waals surface area contributed by atoms with Crippen molar-refractivity contribution in [1.82, 2.24) is 4.98 Å². The number of anilines is 1. The molecule has 0 unspecified atom stereocenters. The van der Waals surface area contributed by atoms with Crippen molar-refractivity contribution in [3.63, 3.8) is 0 Å². The van der Waals surface area contributed by atoms with Gasteiger partial charge in [-0.2, -0.15) is 0 Å². The first-order valence-corrected chi connectivity index (χ1v) is 9.08. The summed E-state index contributed by atoms with van der Waals surface area (Å²) in [7, 11) is 3.18. The Balaban J connectivity index is 2.05. The van der Waals surface area contributed by atoms with Gasteiger partial charge in [-0.25, -0.2) is 0 Å². The molecule has 0 aliphatic carbocycles. The topological polar surface area (TPSA) is 71.6 Å². The summed E-state index contributed by atoms with van der Waals surface area (Å²) in [6.07, 6.45) is 0. The van der Waals surface area contributed by atoms with Crippen LogP contribution in [0.25, 0.3) is 10.9 Å². The fourth-order valence-corrected chi connectivity index (χ4v) is 3.03. The van der Waals surface area contributed by atoms with Crippen LogP contribution < -0.4 is 19.9 Å². The number of hydrogen-bond acceptors (Lipinski definition) is 4. The Hall–Kier alpha value is -3.28. The van der Waals surface area contributed by atoms with Gasteiger partial charge in [0.25, 0.3) is 5.56 Å². The number of aromatic amines is 1. The van der Waals surface area contributed by atoms with Gasteiger partial charge in [-0.1, -0.05) is 19.9 Å². The summed E-state index contributed by atoms with van der Waals surface area (Å²) >= 11 is 0. The van der Waals surface area contributed by atoms with E-state index in [1.165, 1.54) is 0 Å². The molecule has 0 saturated heterocycles. The fraction of sp³-hybridized carbons (Fsp3) is 0.273. The van der Waals surface area contributed by atoms with Gasteiger partial charge in [-0.3, -0.25) is 9.59 Å². The summed E-state index contributed by atoms with van der Waals surface area (Å²) in [5, 5.41) is 0.844. The van der Waals surface area contributed by atoms with Gasteiger partial charge in [0.15, 0.2) is 0 Å². The molecule has 2 aromatic carbocycles. The van der Waals surface area contributed by atoms with Crippen LogP contribution in [-0.4, -0.2) is 25.1 Å². The maximum atomic E-state index is 12.9. The smallest absolute Gasteiger partial charge is 0.253 e. The number of nitrogens with zero attached hydrogens (tertiary/aromatic N) is 1. The third-order valence-electron chi connectivity index (χ3n) is 4.58. The van der Waals surface area contributed by atoms with Crippen molar-refractivity contribution in [1.29, 1.82) is 0 Å². The second kappa shape index (κ2) is 8.17. The summed E-state index contributed by atoms with van der Waals surface area (Å²) in [4.78, 5) is 30.0. The van der Waals surface area contributed by atoms with E-state index in [0.717, 1.165) is 10.9 Å². The molecule has 0 spiro atoms. The first-order chi connectivity index (χ1) is 13.4. The lowest BCUT2D eigenvalue weighted by Crippen LogP contribution is -2.35. The summed E-state index contributed by atoms with van der Waals surface area (Å²) in [6.45, 7) is 3.84. The average Bonchev–Trinajstić information content (AvgIpc) is 2.71. The van der Waals surface area contributed by atoms with E-state index in [1.54, 1.807) is 43.4 Å². The molecule has 0 saturated carbocycles. The molecule has 1 aromatic heterocycles. The van der Waals surface area contributed by atoms with Crippen LogP contribution in [0, 0.1) is 5.92 Å². The zero-order valence-corrected chi connectivity index (χ0v) is 16.5. The molecule has 1 heterocycles. The molecular weight excluding hydrogens is 356 g/mol. The molecular formula is C22H24N2O4. The van der Waals surface area contributed by atoms with E-state index in [2.05, 4.69) is 4.98 Å². The van der Waals surface area contributed by atoms with Crippen LogP contribution in [0.1, 0.15) is 19.4 Å². The summed E-state index contributed by atoms with van der Waals surface area (Å²) in [6, 6.07) is 14.5. The highest BCUT2D eigenvalue weighted by molar-refractivity contribution is 5.95. The summed E-state index contributed by atoms with van der Waals surface area (Å²) in [5.41, 5.74) is 1.68. The number of hydrogen-bond donors (Lipinski definition) is 1. The first-order valence-electron chi connectivity index (χ1n) is 9.08. The zero-order valence-electron chi connectivity index (χ0n) is 16.5. The largest absolute Gasteiger partial charge is 0.497 e. The third-order valence-corrected chi connectivity index (χ3v) is 4.58. The minimum Gasteiger partial charge on any atom is -0.497 e. The second-order valence-electron chi connectivity index (χ2n) is 6.86. The number of fused-ring (bicyclic) bond motifs is 1. The number of rotatable bonds is 6. The molecule has 28 heavy (non-hydrogen) atoms. The SMILES string of the molecule is COc1cccc(N(Cc2cc3cc(OC)ccc3[nH]c2=O)C(=O)C(C)C)c1. The number of pyridine rings is 1. The minimum absolute atomic E-state index is 0.0709. The first kappa shape index (κ1) is 19.5. The van der Waals surface area contributed by atoms with Crippen molar-refractivity contribution >= 4 is 22.5 Å². The molecule has 0 atom stereocenters. The normalized spacial score (nSPS) is 10.9. The van der Waals surface area contributed by atoms with Gasteiger partial charge in [0.05, 0.1) is 20.8 Å². The van der Waals surface area contributed by atoms with Gasteiger partial charge in [-0.15, -0.1) is 0 Å². The van der Waals surface area contributed by atoms with E-state index in [-0.39, 0.29) is 23.9 Å². The fourth-order valence-electron chi connectivity index (χ4n) is 3.03. The lowest BCUT2D eigenvalue weighted by atomic mass is 10.1. The molecule has 0 fully saturated rings. The number of aromatic nitrogens is 1. The van der Waals surface area contributed by atoms with Gasteiger partial charge in [0.1, 0.15) is 11.5 Å². The Labute approximate surface area is 163 Å². The molecule has 146 valence electrons. The van der Waals surface area contributed by atoms with Gasteiger partial charge in [-0.05, 0) is 36.4 Å². The monoisotopic (exact) mass is 380 g/mol. The maximum Gasteiger partial charge on any atom is 0.253 e. The van der Waals surface area contributed by atoms with Crippen LogP contribution in [0.2, 0.25) is 0 Å². The molecule has 1 N–H and O–H groups in total. The Bertz CT molecular complexity index is 1060. The lowest BCUT2D eigenvalue weighted by Gasteiger charge is -2.25. The van der Waals surface area contributed by atoms with Gasteiger partial charge < -0.3 is 19.4 Å². The van der Waals surface area contributed by atoms with Crippen LogP contribution in [0.15, 0.2) is 53.3 Å². The van der Waals surface area contributed by atoms with Crippen molar-refractivity contribution < 1.29 is 14.3 Å². The molecule has 6 nitrogen and oxygen atoms in total.